The van der Waals surface area contributed by atoms with Crippen molar-refractivity contribution in [3.05, 3.63) is 75.0 Å². The molecule has 1 aliphatic rings. The second kappa shape index (κ2) is 7.49. The van der Waals surface area contributed by atoms with Crippen molar-refractivity contribution in [1.29, 1.82) is 0 Å². The van der Waals surface area contributed by atoms with Crippen LogP contribution in [0.4, 0.5) is 23.7 Å². The van der Waals surface area contributed by atoms with Crippen LogP contribution in [0.15, 0.2) is 35.1 Å². The number of ether oxygens (including phenoxy) is 1. The van der Waals surface area contributed by atoms with Crippen molar-refractivity contribution in [2.24, 2.45) is 0 Å². The zero-order valence-electron chi connectivity index (χ0n) is 16.2. The van der Waals surface area contributed by atoms with E-state index >= 15 is 0 Å². The molecule has 2 aromatic carbocycles. The fourth-order valence-electron chi connectivity index (χ4n) is 3.62. The molecule has 1 aromatic heterocycles. The Bertz CT molecular complexity index is 1230. The minimum Gasteiger partial charge on any atom is -0.373 e. The van der Waals surface area contributed by atoms with E-state index in [0.717, 1.165) is 12.1 Å². The number of anilines is 1. The number of nitrogens with zero attached hydrogens (tertiary/aromatic N) is 1. The predicted octanol–water partition coefficient (Wildman–Crippen LogP) is 3.99. The first kappa shape index (κ1) is 20.0. The Balaban J connectivity index is 1.73. The fraction of sp³-hybridized carbons (Fsp3) is 0.238. The van der Waals surface area contributed by atoms with Crippen molar-refractivity contribution in [1.82, 2.24) is 9.88 Å². The molecular formula is C21H18F3N3O3. The van der Waals surface area contributed by atoms with Gasteiger partial charge in [-0.05, 0) is 48.2 Å². The highest BCUT2D eigenvalue weighted by Crippen LogP contribution is 2.34. The second-order valence-corrected chi connectivity index (χ2v) is 7.19. The zero-order chi connectivity index (χ0) is 21.6. The fourth-order valence-corrected chi connectivity index (χ4v) is 3.62. The Hall–Kier alpha value is -3.33. The zero-order valence-corrected chi connectivity index (χ0v) is 16.2. The van der Waals surface area contributed by atoms with E-state index in [1.54, 1.807) is 6.92 Å². The molecule has 0 bridgehead atoms. The molecule has 0 fully saturated rings. The van der Waals surface area contributed by atoms with E-state index < -0.39 is 29.3 Å². The highest BCUT2D eigenvalue weighted by atomic mass is 19.2. The summed E-state index contributed by atoms with van der Waals surface area (Å²) in [6.45, 7) is 1.75. The molecule has 0 aliphatic carbocycles. The van der Waals surface area contributed by atoms with Crippen LogP contribution in [0.25, 0.3) is 10.8 Å². The second-order valence-electron chi connectivity index (χ2n) is 7.19. The van der Waals surface area contributed by atoms with Gasteiger partial charge in [-0.1, -0.05) is 0 Å². The summed E-state index contributed by atoms with van der Waals surface area (Å²) in [6.07, 6.45) is 0. The third kappa shape index (κ3) is 3.41. The first-order chi connectivity index (χ1) is 14.3. The molecule has 30 heavy (non-hydrogen) atoms. The maximum absolute atomic E-state index is 14.0. The smallest absolute Gasteiger partial charge is 0.322 e. The molecule has 3 aromatic rings. The number of rotatable bonds is 2. The van der Waals surface area contributed by atoms with Gasteiger partial charge in [0.1, 0.15) is 5.82 Å². The standard InChI is InChI=1S/C21H18F3N3O3/c1-10-5-11(3-4-14(10)22)25-21(29)27(2)18-9-30-8-17-19(18)12-6-15(23)16(24)7-13(12)20(28)26-17/h3-7,18H,8-9H2,1-2H3,(H,25,29)(H,26,28). The topological polar surface area (TPSA) is 74.4 Å². The molecule has 9 heteroatoms. The van der Waals surface area contributed by atoms with Crippen LogP contribution in [0.2, 0.25) is 0 Å². The molecule has 156 valence electrons. The van der Waals surface area contributed by atoms with Crippen LogP contribution in [0.5, 0.6) is 0 Å². The molecule has 1 atom stereocenters. The number of carbonyl (C=O) groups is 1. The van der Waals surface area contributed by atoms with Crippen LogP contribution >= 0.6 is 0 Å². The van der Waals surface area contributed by atoms with Crippen LogP contribution < -0.4 is 10.9 Å². The van der Waals surface area contributed by atoms with E-state index in [0.29, 0.717) is 22.5 Å². The van der Waals surface area contributed by atoms with Gasteiger partial charge >= 0.3 is 6.03 Å². The van der Waals surface area contributed by atoms with Crippen molar-refractivity contribution in [3.63, 3.8) is 0 Å². The summed E-state index contributed by atoms with van der Waals surface area (Å²) in [5, 5.41) is 2.89. The molecule has 1 unspecified atom stereocenters. The number of H-pyrrole nitrogens is 1. The van der Waals surface area contributed by atoms with E-state index in [-0.39, 0.29) is 29.8 Å². The Morgan fingerprint density at radius 3 is 2.53 bits per heavy atom. The average molecular weight is 417 g/mol. The lowest BCUT2D eigenvalue weighted by Crippen LogP contribution is -2.39. The number of hydrogen-bond donors (Lipinski definition) is 2. The molecule has 0 radical (unpaired) electrons. The van der Waals surface area contributed by atoms with Crippen LogP contribution in [0, 0.1) is 24.4 Å². The first-order valence-corrected chi connectivity index (χ1v) is 9.17. The summed E-state index contributed by atoms with van der Waals surface area (Å²) in [7, 11) is 1.52. The van der Waals surface area contributed by atoms with Gasteiger partial charge in [0.25, 0.3) is 5.56 Å². The SMILES string of the molecule is Cc1cc(NC(=O)N(C)C2COCc3[nH]c(=O)c4cc(F)c(F)cc4c32)ccc1F. The van der Waals surface area contributed by atoms with Crippen molar-refractivity contribution in [3.8, 4) is 0 Å². The third-order valence-electron chi connectivity index (χ3n) is 5.24. The molecule has 2 N–H and O–H groups in total. The summed E-state index contributed by atoms with van der Waals surface area (Å²) in [5.74, 6) is -2.61. The minimum absolute atomic E-state index is 0.0116. The third-order valence-corrected chi connectivity index (χ3v) is 5.24. The summed E-state index contributed by atoms with van der Waals surface area (Å²) in [4.78, 5) is 29.1. The summed E-state index contributed by atoms with van der Waals surface area (Å²) in [6, 6.07) is 4.81. The van der Waals surface area contributed by atoms with Gasteiger partial charge in [0.15, 0.2) is 11.6 Å². The number of urea groups is 1. The molecule has 2 heterocycles. The van der Waals surface area contributed by atoms with Crippen LogP contribution in [0.3, 0.4) is 0 Å². The monoisotopic (exact) mass is 417 g/mol. The average Bonchev–Trinajstić information content (AvgIpc) is 2.71. The summed E-state index contributed by atoms with van der Waals surface area (Å²) in [5.41, 5.74) is 1.10. The number of aromatic nitrogens is 1. The largest absolute Gasteiger partial charge is 0.373 e. The molecule has 0 saturated carbocycles. The minimum atomic E-state index is -1.13. The Morgan fingerprint density at radius 1 is 1.13 bits per heavy atom. The van der Waals surface area contributed by atoms with Gasteiger partial charge in [0.05, 0.1) is 24.6 Å². The number of aromatic amines is 1. The number of aryl methyl sites for hydroxylation is 1. The van der Waals surface area contributed by atoms with E-state index in [1.807, 2.05) is 0 Å². The maximum atomic E-state index is 14.0. The molecule has 4 rings (SSSR count). The van der Waals surface area contributed by atoms with Gasteiger partial charge in [0.2, 0.25) is 0 Å². The molecule has 6 nitrogen and oxygen atoms in total. The van der Waals surface area contributed by atoms with Crippen molar-refractivity contribution < 1.29 is 22.7 Å². The molecule has 1 aliphatic heterocycles. The van der Waals surface area contributed by atoms with Crippen molar-refractivity contribution in [2.75, 3.05) is 19.0 Å². The van der Waals surface area contributed by atoms with Crippen LogP contribution in [-0.4, -0.2) is 29.6 Å². The van der Waals surface area contributed by atoms with Crippen LogP contribution in [-0.2, 0) is 11.3 Å². The van der Waals surface area contributed by atoms with Gasteiger partial charge in [-0.2, -0.15) is 0 Å². The number of likely N-dealkylation sites (N-methyl/N-ethyl adjacent to an activating group) is 1. The number of hydrogen-bond acceptors (Lipinski definition) is 3. The normalized spacial score (nSPS) is 15.7. The number of nitrogens with one attached hydrogen (secondary N) is 2. The Labute approximate surface area is 169 Å². The van der Waals surface area contributed by atoms with Gasteiger partial charge < -0.3 is 19.9 Å². The van der Waals surface area contributed by atoms with Crippen molar-refractivity contribution in [2.45, 2.75) is 19.6 Å². The molecular weight excluding hydrogens is 399 g/mol. The van der Waals surface area contributed by atoms with E-state index in [1.165, 1.54) is 30.1 Å². The van der Waals surface area contributed by atoms with E-state index in [2.05, 4.69) is 10.3 Å². The number of pyridine rings is 1. The van der Waals surface area contributed by atoms with Gasteiger partial charge in [-0.15, -0.1) is 0 Å². The van der Waals surface area contributed by atoms with E-state index in [4.69, 9.17) is 4.74 Å². The number of benzene rings is 2. The first-order valence-electron chi connectivity index (χ1n) is 9.17. The number of fused-ring (bicyclic) bond motifs is 3. The molecule has 0 saturated heterocycles. The number of halogens is 3. The number of amides is 2. The lowest BCUT2D eigenvalue weighted by atomic mass is 9.95. The highest BCUT2D eigenvalue weighted by molar-refractivity contribution is 5.91. The lowest BCUT2D eigenvalue weighted by molar-refractivity contribution is 0.0527. The van der Waals surface area contributed by atoms with Gasteiger partial charge in [-0.3, -0.25) is 4.79 Å². The lowest BCUT2D eigenvalue weighted by Gasteiger charge is -2.33. The Kier molecular flexibility index (Phi) is 4.98. The summed E-state index contributed by atoms with van der Waals surface area (Å²) >= 11 is 0. The summed E-state index contributed by atoms with van der Waals surface area (Å²) < 4.78 is 46.6. The van der Waals surface area contributed by atoms with Gasteiger partial charge in [-0.25, -0.2) is 18.0 Å². The maximum Gasteiger partial charge on any atom is 0.322 e. The van der Waals surface area contributed by atoms with E-state index in [9.17, 15) is 22.8 Å². The number of carbonyl (C=O) groups excluding carboxylic acids is 1. The van der Waals surface area contributed by atoms with Gasteiger partial charge in [0, 0.05) is 24.0 Å². The van der Waals surface area contributed by atoms with Crippen molar-refractivity contribution >= 4 is 22.5 Å². The molecule has 2 amide bonds. The molecule has 0 spiro atoms. The highest BCUT2D eigenvalue weighted by Gasteiger charge is 2.31. The predicted molar refractivity (Wildman–Crippen MR) is 105 cm³/mol. The quantitative estimate of drug-likeness (QED) is 0.662. The van der Waals surface area contributed by atoms with Crippen LogP contribution in [0.1, 0.15) is 22.9 Å². The Morgan fingerprint density at radius 2 is 1.83 bits per heavy atom.